The Bertz CT molecular complexity index is 640. The van der Waals surface area contributed by atoms with Gasteiger partial charge in [0.1, 0.15) is 0 Å². The van der Waals surface area contributed by atoms with Gasteiger partial charge in [-0.3, -0.25) is 9.69 Å². The number of piperazine rings is 1. The van der Waals surface area contributed by atoms with Crippen molar-refractivity contribution in [3.05, 3.63) is 0 Å². The lowest BCUT2D eigenvalue weighted by atomic mass is 9.73. The normalized spacial score (nSPS) is 32.9. The van der Waals surface area contributed by atoms with Gasteiger partial charge in [-0.1, -0.05) is 0 Å². The van der Waals surface area contributed by atoms with Crippen LogP contribution in [0.1, 0.15) is 51.4 Å². The largest absolute Gasteiger partial charge is 0.391 e. The summed E-state index contributed by atoms with van der Waals surface area (Å²) < 4.78 is 79.8. The molecule has 3 unspecified atom stereocenters. The predicted molar refractivity (Wildman–Crippen MR) is 119 cm³/mol. The van der Waals surface area contributed by atoms with Crippen LogP contribution in [0.5, 0.6) is 0 Å². The monoisotopic (exact) mass is 519 g/mol. The van der Waals surface area contributed by atoms with Crippen molar-refractivity contribution in [3.63, 3.8) is 0 Å². The number of hydrogen-bond acceptors (Lipinski definition) is 3. The van der Waals surface area contributed by atoms with Crippen molar-refractivity contribution in [2.75, 3.05) is 39.8 Å². The second kappa shape index (κ2) is 11.5. The Kier molecular flexibility index (Phi) is 9.45. The summed E-state index contributed by atoms with van der Waals surface area (Å²) in [5.74, 6) is -4.54. The van der Waals surface area contributed by atoms with Gasteiger partial charge in [0.15, 0.2) is 0 Å². The van der Waals surface area contributed by atoms with Crippen LogP contribution in [0.25, 0.3) is 0 Å². The number of amides is 1. The third kappa shape index (κ3) is 7.38. The summed E-state index contributed by atoms with van der Waals surface area (Å²) in [7, 11) is 1.62. The zero-order valence-corrected chi connectivity index (χ0v) is 20.4. The van der Waals surface area contributed by atoms with Gasteiger partial charge in [-0.25, -0.2) is 0 Å². The molecule has 0 bridgehead atoms. The van der Waals surface area contributed by atoms with Gasteiger partial charge in [-0.15, -0.1) is 11.6 Å². The van der Waals surface area contributed by atoms with Crippen molar-refractivity contribution in [2.45, 2.75) is 75.1 Å². The van der Waals surface area contributed by atoms with E-state index >= 15 is 0 Å². The van der Waals surface area contributed by atoms with E-state index < -0.39 is 36.5 Å². The van der Waals surface area contributed by atoms with Crippen LogP contribution in [0.4, 0.5) is 26.3 Å². The molecule has 1 saturated heterocycles. The fourth-order valence-corrected chi connectivity index (χ4v) is 6.18. The van der Waals surface area contributed by atoms with Crippen molar-refractivity contribution >= 4 is 17.5 Å². The highest BCUT2D eigenvalue weighted by atomic mass is 35.5. The van der Waals surface area contributed by atoms with E-state index in [9.17, 15) is 31.1 Å². The van der Waals surface area contributed by atoms with Gasteiger partial charge in [0.05, 0.1) is 17.9 Å². The number of carbonyl (C=O) groups excluding carboxylic acids is 1. The maximum absolute atomic E-state index is 13.5. The first-order chi connectivity index (χ1) is 15.9. The average Bonchev–Trinajstić information content (AvgIpc) is 2.78. The van der Waals surface area contributed by atoms with Gasteiger partial charge < -0.3 is 10.2 Å². The topological polar surface area (TPSA) is 35.6 Å². The maximum Gasteiger partial charge on any atom is 0.391 e. The molecule has 1 heterocycles. The van der Waals surface area contributed by atoms with Gasteiger partial charge in [0.2, 0.25) is 5.91 Å². The summed E-state index contributed by atoms with van der Waals surface area (Å²) in [4.78, 5) is 17.2. The zero-order chi connectivity index (χ0) is 25.1. The van der Waals surface area contributed by atoms with Gasteiger partial charge in [-0.2, -0.15) is 26.3 Å². The number of rotatable bonds is 6. The van der Waals surface area contributed by atoms with Gasteiger partial charge >= 0.3 is 12.4 Å². The number of halogens is 7. The molecule has 3 aliphatic rings. The molecule has 198 valence electrons. The van der Waals surface area contributed by atoms with Gasteiger partial charge in [-0.05, 0) is 63.2 Å². The molecule has 3 fully saturated rings. The molecule has 1 amide bonds. The molecule has 1 aliphatic heterocycles. The van der Waals surface area contributed by atoms with Crippen molar-refractivity contribution in [2.24, 2.45) is 23.7 Å². The third-order valence-electron chi connectivity index (χ3n) is 7.93. The van der Waals surface area contributed by atoms with E-state index in [1.165, 1.54) is 4.90 Å². The molecular formula is C23H36ClF6N3O. The molecule has 0 radical (unpaired) electrons. The minimum atomic E-state index is -4.64. The fraction of sp³-hybridized carbons (Fsp3) is 0.957. The quantitative estimate of drug-likeness (QED) is 0.393. The summed E-state index contributed by atoms with van der Waals surface area (Å²) in [6.45, 7) is 3.17. The molecule has 0 spiro atoms. The number of nitrogens with one attached hydrogen (secondary N) is 1. The van der Waals surface area contributed by atoms with Crippen molar-refractivity contribution in [1.29, 1.82) is 0 Å². The Morgan fingerprint density at radius 1 is 0.971 bits per heavy atom. The summed E-state index contributed by atoms with van der Waals surface area (Å²) in [5, 5.41) is 3.39. The molecule has 11 heteroatoms. The third-order valence-corrected chi connectivity index (χ3v) is 8.36. The SMILES string of the molecule is CN(CCC1CC(C(F)(F)F)CC(C(F)(F)F)C1)C(=O)C(C1CCC(Cl)CC1)N1CCNCC1. The Balaban J connectivity index is 1.64. The first kappa shape index (κ1) is 27.8. The first-order valence-electron chi connectivity index (χ1n) is 12.3. The van der Waals surface area contributed by atoms with E-state index in [2.05, 4.69) is 10.2 Å². The maximum atomic E-state index is 13.5. The summed E-state index contributed by atoms with van der Waals surface area (Å²) in [6, 6.07) is -0.325. The number of alkyl halides is 7. The number of likely N-dealkylation sites (N-methyl/N-ethyl adjacent to an activating group) is 1. The molecule has 2 aliphatic carbocycles. The van der Waals surface area contributed by atoms with E-state index in [4.69, 9.17) is 11.6 Å². The van der Waals surface area contributed by atoms with Gasteiger partial charge in [0, 0.05) is 45.1 Å². The number of hydrogen-bond donors (Lipinski definition) is 1. The molecule has 0 aromatic heterocycles. The van der Waals surface area contributed by atoms with E-state index in [-0.39, 0.29) is 49.1 Å². The lowest BCUT2D eigenvalue weighted by molar-refractivity contribution is -0.229. The smallest absolute Gasteiger partial charge is 0.344 e. The number of nitrogens with zero attached hydrogens (tertiary/aromatic N) is 2. The van der Waals surface area contributed by atoms with E-state index in [0.717, 1.165) is 51.9 Å². The summed E-state index contributed by atoms with van der Waals surface area (Å²) in [5.41, 5.74) is 0. The Morgan fingerprint density at radius 2 is 1.50 bits per heavy atom. The van der Waals surface area contributed by atoms with Gasteiger partial charge in [0.25, 0.3) is 0 Å². The van der Waals surface area contributed by atoms with Crippen LogP contribution < -0.4 is 5.32 Å². The standard InChI is InChI=1S/C23H36ClF6N3O/c1-32(9-6-15-12-17(22(25,26)27)14-18(13-15)23(28,29)30)21(34)20(33-10-7-31-8-11-33)16-2-4-19(24)5-3-16/h15-20,31H,2-14H2,1H3. The molecule has 0 aromatic carbocycles. The highest BCUT2D eigenvalue weighted by Crippen LogP contribution is 2.48. The van der Waals surface area contributed by atoms with Crippen LogP contribution in [-0.4, -0.2) is 79.2 Å². The molecule has 2 saturated carbocycles. The van der Waals surface area contributed by atoms with Crippen LogP contribution >= 0.6 is 11.6 Å². The van der Waals surface area contributed by atoms with Crippen LogP contribution in [0.3, 0.4) is 0 Å². The van der Waals surface area contributed by atoms with E-state index in [1.807, 2.05) is 0 Å². The van der Waals surface area contributed by atoms with E-state index in [0.29, 0.717) is 0 Å². The molecule has 0 aromatic rings. The highest BCUT2D eigenvalue weighted by molar-refractivity contribution is 6.20. The Hall–Kier alpha value is -0.740. The molecule has 3 atom stereocenters. The second-order valence-electron chi connectivity index (χ2n) is 10.3. The van der Waals surface area contributed by atoms with Crippen molar-refractivity contribution in [1.82, 2.24) is 15.1 Å². The lowest BCUT2D eigenvalue weighted by Gasteiger charge is -2.42. The zero-order valence-electron chi connectivity index (χ0n) is 19.6. The lowest BCUT2D eigenvalue weighted by Crippen LogP contribution is -2.57. The molecule has 1 N–H and O–H groups in total. The van der Waals surface area contributed by atoms with Crippen LogP contribution in [0, 0.1) is 23.7 Å². The minimum Gasteiger partial charge on any atom is -0.344 e. The van der Waals surface area contributed by atoms with Crippen LogP contribution in [0.2, 0.25) is 0 Å². The van der Waals surface area contributed by atoms with Crippen molar-refractivity contribution < 1.29 is 31.1 Å². The second-order valence-corrected chi connectivity index (χ2v) is 11.0. The van der Waals surface area contributed by atoms with Crippen LogP contribution in [-0.2, 0) is 4.79 Å². The van der Waals surface area contributed by atoms with Crippen molar-refractivity contribution in [3.8, 4) is 0 Å². The van der Waals surface area contributed by atoms with Crippen LogP contribution in [0.15, 0.2) is 0 Å². The Labute approximate surface area is 202 Å². The summed E-state index contributed by atoms with van der Waals surface area (Å²) in [6.07, 6.45) is -7.29. The summed E-state index contributed by atoms with van der Waals surface area (Å²) >= 11 is 6.26. The molecule has 34 heavy (non-hydrogen) atoms. The minimum absolute atomic E-state index is 0.0875. The highest BCUT2D eigenvalue weighted by Gasteiger charge is 2.51. The average molecular weight is 520 g/mol. The first-order valence-corrected chi connectivity index (χ1v) is 12.8. The van der Waals surface area contributed by atoms with E-state index in [1.54, 1.807) is 7.05 Å². The molecular weight excluding hydrogens is 484 g/mol. The fourth-order valence-electron chi connectivity index (χ4n) is 5.93. The predicted octanol–water partition coefficient (Wildman–Crippen LogP) is 5.06. The number of carbonyl (C=O) groups is 1. The molecule has 3 rings (SSSR count). The molecule has 4 nitrogen and oxygen atoms in total. The Morgan fingerprint density at radius 3 is 2.00 bits per heavy atom.